The minimum absolute atomic E-state index is 0.0686. The molecule has 5 nitrogen and oxygen atoms in total. The zero-order chi connectivity index (χ0) is 24.8. The van der Waals surface area contributed by atoms with E-state index >= 15 is 0 Å². The first-order valence-corrected chi connectivity index (χ1v) is 12.6. The van der Waals surface area contributed by atoms with Gasteiger partial charge < -0.3 is 9.87 Å². The summed E-state index contributed by atoms with van der Waals surface area (Å²) in [4.78, 5) is 12.5. The molecule has 0 aliphatic rings. The van der Waals surface area contributed by atoms with Gasteiger partial charge in [0.1, 0.15) is 0 Å². The standard InChI is InChI=1S/C26H24Cl2N2O3S/c1-16(2)8-19-6-7-20(11-21(19)14-29)26-23(27)12-22(13-24(26)28)30-25(31)10-17-4-3-5-18(9-17)15-34(32)33/h3-7,9,11-13,16H,8,10,15H2,1-2H3,(H,30,31)(H,32,33)/p-1. The van der Waals surface area contributed by atoms with Crippen molar-refractivity contribution in [2.24, 2.45) is 5.92 Å². The van der Waals surface area contributed by atoms with Gasteiger partial charge in [-0.1, -0.05) is 84.5 Å². The number of hydrogen-bond donors (Lipinski definition) is 1. The predicted octanol–water partition coefficient (Wildman–Crippen LogP) is 6.29. The molecule has 0 spiro atoms. The Balaban J connectivity index is 1.79. The summed E-state index contributed by atoms with van der Waals surface area (Å²) >= 11 is 10.9. The SMILES string of the molecule is CC(C)Cc1ccc(-c2c(Cl)cc(NC(=O)Cc3cccc(CS(=O)[O-])c3)cc2Cl)cc1C#N. The maximum absolute atomic E-state index is 12.5. The Bertz CT molecular complexity index is 1260. The second kappa shape index (κ2) is 11.6. The zero-order valence-electron chi connectivity index (χ0n) is 18.7. The van der Waals surface area contributed by atoms with Crippen molar-refractivity contribution in [3.63, 3.8) is 0 Å². The highest BCUT2D eigenvalue weighted by molar-refractivity contribution is 7.78. The van der Waals surface area contributed by atoms with Crippen molar-refractivity contribution in [1.82, 2.24) is 0 Å². The molecule has 0 aliphatic carbocycles. The molecular formula is C26H23Cl2N2O3S-. The van der Waals surface area contributed by atoms with Crippen molar-refractivity contribution >= 4 is 45.9 Å². The maximum Gasteiger partial charge on any atom is 0.228 e. The molecule has 0 saturated heterocycles. The summed E-state index contributed by atoms with van der Waals surface area (Å²) in [7, 11) is 0. The van der Waals surface area contributed by atoms with Crippen LogP contribution in [0.5, 0.6) is 0 Å². The Kier molecular flexibility index (Phi) is 8.87. The van der Waals surface area contributed by atoms with E-state index in [1.807, 2.05) is 12.1 Å². The Morgan fingerprint density at radius 2 is 1.76 bits per heavy atom. The van der Waals surface area contributed by atoms with Crippen LogP contribution in [0, 0.1) is 17.2 Å². The second-order valence-electron chi connectivity index (χ2n) is 8.39. The van der Waals surface area contributed by atoms with Gasteiger partial charge in [0.25, 0.3) is 0 Å². The van der Waals surface area contributed by atoms with Crippen LogP contribution in [0.15, 0.2) is 54.6 Å². The fourth-order valence-electron chi connectivity index (χ4n) is 3.73. The Labute approximate surface area is 212 Å². The number of halogens is 2. The first-order chi connectivity index (χ1) is 16.2. The molecular weight excluding hydrogens is 491 g/mol. The molecule has 176 valence electrons. The molecule has 0 radical (unpaired) electrons. The third-order valence-electron chi connectivity index (χ3n) is 5.11. The summed E-state index contributed by atoms with van der Waals surface area (Å²) in [5, 5.41) is 13.1. The lowest BCUT2D eigenvalue weighted by atomic mass is 9.94. The molecule has 0 bridgehead atoms. The van der Waals surface area contributed by atoms with E-state index in [1.165, 1.54) is 0 Å². The largest absolute Gasteiger partial charge is 0.772 e. The monoisotopic (exact) mass is 513 g/mol. The highest BCUT2D eigenvalue weighted by Crippen LogP contribution is 2.38. The van der Waals surface area contributed by atoms with E-state index in [1.54, 1.807) is 42.5 Å². The molecule has 1 unspecified atom stereocenters. The number of amides is 1. The average molecular weight is 514 g/mol. The minimum Gasteiger partial charge on any atom is -0.772 e. The van der Waals surface area contributed by atoms with Crippen LogP contribution in [0.4, 0.5) is 5.69 Å². The first kappa shape index (κ1) is 25.9. The Morgan fingerprint density at radius 1 is 1.09 bits per heavy atom. The topological polar surface area (TPSA) is 93.0 Å². The smallest absolute Gasteiger partial charge is 0.228 e. The van der Waals surface area contributed by atoms with E-state index in [4.69, 9.17) is 23.2 Å². The van der Waals surface area contributed by atoms with Crippen LogP contribution in [0.2, 0.25) is 10.0 Å². The van der Waals surface area contributed by atoms with E-state index in [9.17, 15) is 18.8 Å². The van der Waals surface area contributed by atoms with Crippen molar-refractivity contribution < 1.29 is 13.6 Å². The van der Waals surface area contributed by atoms with Gasteiger partial charge in [-0.3, -0.25) is 9.00 Å². The molecule has 1 atom stereocenters. The number of carbonyl (C=O) groups is 1. The third-order valence-corrected chi connectivity index (χ3v) is 6.28. The number of carbonyl (C=O) groups excluding carboxylic acids is 1. The predicted molar refractivity (Wildman–Crippen MR) is 137 cm³/mol. The van der Waals surface area contributed by atoms with E-state index in [2.05, 4.69) is 25.2 Å². The van der Waals surface area contributed by atoms with Gasteiger partial charge >= 0.3 is 0 Å². The molecule has 0 saturated carbocycles. The van der Waals surface area contributed by atoms with E-state index < -0.39 is 11.1 Å². The van der Waals surface area contributed by atoms with Gasteiger partial charge in [0.2, 0.25) is 5.91 Å². The number of rotatable bonds is 8. The molecule has 34 heavy (non-hydrogen) atoms. The first-order valence-electron chi connectivity index (χ1n) is 10.6. The molecule has 0 aromatic heterocycles. The van der Waals surface area contributed by atoms with Gasteiger partial charge in [-0.05, 0) is 52.8 Å². The van der Waals surface area contributed by atoms with Crippen LogP contribution in [-0.4, -0.2) is 14.7 Å². The van der Waals surface area contributed by atoms with E-state index in [0.29, 0.717) is 43.9 Å². The minimum atomic E-state index is -2.20. The van der Waals surface area contributed by atoms with Gasteiger partial charge in [0, 0.05) is 17.0 Å². The van der Waals surface area contributed by atoms with Gasteiger partial charge in [-0.2, -0.15) is 5.26 Å². The van der Waals surface area contributed by atoms with E-state index in [0.717, 1.165) is 17.5 Å². The summed E-state index contributed by atoms with van der Waals surface area (Å²) in [6, 6.07) is 17.9. The van der Waals surface area contributed by atoms with E-state index in [-0.39, 0.29) is 18.1 Å². The lowest BCUT2D eigenvalue weighted by Gasteiger charge is -2.14. The van der Waals surface area contributed by atoms with Crippen molar-refractivity contribution in [3.05, 3.63) is 86.9 Å². The van der Waals surface area contributed by atoms with Gasteiger partial charge in [-0.25, -0.2) is 0 Å². The Hall–Kier alpha value is -2.69. The van der Waals surface area contributed by atoms with Crippen LogP contribution >= 0.6 is 23.2 Å². The lowest BCUT2D eigenvalue weighted by molar-refractivity contribution is -0.115. The van der Waals surface area contributed by atoms with Gasteiger partial charge in [-0.15, -0.1) is 0 Å². The summed E-state index contributed by atoms with van der Waals surface area (Å²) < 4.78 is 21.8. The molecule has 3 rings (SSSR count). The summed E-state index contributed by atoms with van der Waals surface area (Å²) in [6.07, 6.45) is 0.867. The van der Waals surface area contributed by atoms with Crippen molar-refractivity contribution in [3.8, 4) is 17.2 Å². The highest BCUT2D eigenvalue weighted by atomic mass is 35.5. The van der Waals surface area contributed by atoms with Gasteiger partial charge in [0.15, 0.2) is 0 Å². The number of benzene rings is 3. The quantitative estimate of drug-likeness (QED) is 0.358. The van der Waals surface area contributed by atoms with Gasteiger partial charge in [0.05, 0.1) is 28.1 Å². The number of nitriles is 1. The molecule has 1 N–H and O–H groups in total. The fraction of sp³-hybridized carbons (Fsp3) is 0.231. The molecule has 0 fully saturated rings. The molecule has 3 aromatic rings. The molecule has 3 aromatic carbocycles. The average Bonchev–Trinajstić information content (AvgIpc) is 2.73. The molecule has 8 heteroatoms. The summed E-state index contributed by atoms with van der Waals surface area (Å²) in [5.74, 6) is 0.0323. The molecule has 1 amide bonds. The molecule has 0 aliphatic heterocycles. The summed E-state index contributed by atoms with van der Waals surface area (Å²) in [5.41, 5.74) is 4.63. The highest BCUT2D eigenvalue weighted by Gasteiger charge is 2.15. The van der Waals surface area contributed by atoms with Crippen LogP contribution in [0.3, 0.4) is 0 Å². The lowest BCUT2D eigenvalue weighted by Crippen LogP contribution is -2.14. The summed E-state index contributed by atoms with van der Waals surface area (Å²) in [6.45, 7) is 4.20. The maximum atomic E-state index is 12.5. The normalized spacial score (nSPS) is 11.8. The third kappa shape index (κ3) is 6.91. The van der Waals surface area contributed by atoms with Crippen LogP contribution < -0.4 is 5.32 Å². The van der Waals surface area contributed by atoms with Crippen LogP contribution in [0.1, 0.15) is 36.1 Å². The number of anilines is 1. The second-order valence-corrected chi connectivity index (χ2v) is 10.1. The van der Waals surface area contributed by atoms with Crippen LogP contribution in [-0.2, 0) is 34.5 Å². The van der Waals surface area contributed by atoms with Crippen LogP contribution in [0.25, 0.3) is 11.1 Å². The zero-order valence-corrected chi connectivity index (χ0v) is 21.1. The number of nitrogens with zero attached hydrogens (tertiary/aromatic N) is 1. The Morgan fingerprint density at radius 3 is 2.38 bits per heavy atom. The fourth-order valence-corrected chi connectivity index (χ4v) is 4.89. The molecule has 0 heterocycles. The van der Waals surface area contributed by atoms with Crippen molar-refractivity contribution in [2.75, 3.05) is 5.32 Å². The number of nitrogens with one attached hydrogen (secondary N) is 1. The van der Waals surface area contributed by atoms with Crippen molar-refractivity contribution in [2.45, 2.75) is 32.4 Å². The van der Waals surface area contributed by atoms with Crippen molar-refractivity contribution in [1.29, 1.82) is 5.26 Å². The number of hydrogen-bond acceptors (Lipinski definition) is 4.